The molecule has 0 saturated carbocycles. The van der Waals surface area contributed by atoms with Gasteiger partial charge >= 0.3 is 0 Å². The minimum Gasteiger partial charge on any atom is -0.490 e. The lowest BCUT2D eigenvalue weighted by Gasteiger charge is -2.38. The Kier molecular flexibility index (Phi) is 4.64. The highest BCUT2D eigenvalue weighted by molar-refractivity contribution is 6.30. The predicted molar refractivity (Wildman–Crippen MR) is 115 cm³/mol. The number of hydrogen-bond acceptors (Lipinski definition) is 4. The number of fused-ring (bicyclic) bond motifs is 3. The van der Waals surface area contributed by atoms with Crippen LogP contribution in [-0.2, 0) is 0 Å². The highest BCUT2D eigenvalue weighted by atomic mass is 35.5. The van der Waals surface area contributed by atoms with Gasteiger partial charge in [-0.15, -0.1) is 0 Å². The molecule has 5 heteroatoms. The summed E-state index contributed by atoms with van der Waals surface area (Å²) in [7, 11) is 0. The van der Waals surface area contributed by atoms with Crippen molar-refractivity contribution in [2.75, 3.05) is 6.61 Å². The first-order valence-electron chi connectivity index (χ1n) is 9.83. The van der Waals surface area contributed by atoms with Crippen LogP contribution in [0.2, 0.25) is 5.02 Å². The maximum absolute atomic E-state index is 6.49. The summed E-state index contributed by atoms with van der Waals surface area (Å²) in [6.07, 6.45) is 0.479. The average Bonchev–Trinajstić information content (AvgIpc) is 3.21. The van der Waals surface area contributed by atoms with Gasteiger partial charge < -0.3 is 9.47 Å². The molecule has 0 saturated heterocycles. The Labute approximate surface area is 175 Å². The maximum Gasteiger partial charge on any atom is 0.214 e. The van der Waals surface area contributed by atoms with Gasteiger partial charge in [0.1, 0.15) is 0 Å². The lowest BCUT2D eigenvalue weighted by molar-refractivity contribution is -0.0212. The van der Waals surface area contributed by atoms with Gasteiger partial charge in [-0.05, 0) is 30.7 Å². The molecule has 0 aliphatic carbocycles. The molecule has 0 radical (unpaired) electrons. The predicted octanol–water partition coefficient (Wildman–Crippen LogP) is 5.98. The van der Waals surface area contributed by atoms with Crippen LogP contribution in [0.5, 0.6) is 11.5 Å². The van der Waals surface area contributed by atoms with Gasteiger partial charge in [0.05, 0.1) is 18.4 Å². The Hall–Kier alpha value is -2.98. The third-order valence-corrected chi connectivity index (χ3v) is 5.59. The standard InChI is InChI=1S/C24H21ClN2O2/c1-2-28-22-10-6-9-19-21-15-20(16-7-4-3-5-8-16)26-27(21)24(29-23(19)22)17-11-13-18(25)14-12-17/h3-14,21,24H,2,15H2,1H3/t21-,24+/m1/s1. The lowest BCUT2D eigenvalue weighted by atomic mass is 9.95. The van der Waals surface area contributed by atoms with Crippen LogP contribution in [0.3, 0.4) is 0 Å². The quantitative estimate of drug-likeness (QED) is 0.536. The zero-order chi connectivity index (χ0) is 19.8. The van der Waals surface area contributed by atoms with Gasteiger partial charge in [0.25, 0.3) is 0 Å². The molecule has 2 aliphatic rings. The summed E-state index contributed by atoms with van der Waals surface area (Å²) in [5.74, 6) is 1.58. The summed E-state index contributed by atoms with van der Waals surface area (Å²) in [6.45, 7) is 2.57. The van der Waals surface area contributed by atoms with Crippen LogP contribution < -0.4 is 9.47 Å². The van der Waals surface area contributed by atoms with Crippen molar-refractivity contribution in [3.05, 3.63) is 94.5 Å². The summed E-state index contributed by atoms with van der Waals surface area (Å²) >= 11 is 6.11. The third-order valence-electron chi connectivity index (χ3n) is 5.34. The topological polar surface area (TPSA) is 34.1 Å². The molecule has 0 unspecified atom stereocenters. The zero-order valence-electron chi connectivity index (χ0n) is 16.1. The molecule has 0 bridgehead atoms. The summed E-state index contributed by atoms with van der Waals surface area (Å²) in [5, 5.41) is 7.76. The van der Waals surface area contributed by atoms with E-state index < -0.39 is 0 Å². The number of para-hydroxylation sites is 1. The number of halogens is 1. The van der Waals surface area contributed by atoms with Gasteiger partial charge in [-0.1, -0.05) is 66.2 Å². The Balaban J connectivity index is 1.61. The Morgan fingerprint density at radius 3 is 2.59 bits per heavy atom. The highest BCUT2D eigenvalue weighted by Gasteiger charge is 2.42. The summed E-state index contributed by atoms with van der Waals surface area (Å²) in [5.41, 5.74) is 4.32. The molecule has 3 aromatic rings. The van der Waals surface area contributed by atoms with Crippen molar-refractivity contribution in [2.45, 2.75) is 25.6 Å². The fraction of sp³-hybridized carbons (Fsp3) is 0.208. The molecule has 0 amide bonds. The number of benzene rings is 3. The van der Waals surface area contributed by atoms with E-state index in [2.05, 4.69) is 23.2 Å². The second-order valence-electron chi connectivity index (χ2n) is 7.14. The largest absolute Gasteiger partial charge is 0.490 e. The Bertz CT molecular complexity index is 1050. The molecule has 0 N–H and O–H groups in total. The molecule has 2 aliphatic heterocycles. The van der Waals surface area contributed by atoms with Gasteiger partial charge in [-0.2, -0.15) is 5.10 Å². The zero-order valence-corrected chi connectivity index (χ0v) is 16.8. The number of nitrogens with zero attached hydrogens (tertiary/aromatic N) is 2. The van der Waals surface area contributed by atoms with Crippen molar-refractivity contribution < 1.29 is 9.47 Å². The second kappa shape index (κ2) is 7.45. The van der Waals surface area contributed by atoms with Crippen molar-refractivity contribution in [1.29, 1.82) is 0 Å². The van der Waals surface area contributed by atoms with E-state index in [1.807, 2.05) is 61.5 Å². The fourth-order valence-electron chi connectivity index (χ4n) is 4.01. The second-order valence-corrected chi connectivity index (χ2v) is 7.58. The highest BCUT2D eigenvalue weighted by Crippen LogP contribution is 2.50. The van der Waals surface area contributed by atoms with E-state index in [1.165, 1.54) is 0 Å². The monoisotopic (exact) mass is 404 g/mol. The minimum atomic E-state index is -0.340. The van der Waals surface area contributed by atoms with Crippen molar-refractivity contribution in [3.8, 4) is 11.5 Å². The Morgan fingerprint density at radius 1 is 1.03 bits per heavy atom. The van der Waals surface area contributed by atoms with Gasteiger partial charge in [0, 0.05) is 22.6 Å². The Morgan fingerprint density at radius 2 is 1.83 bits per heavy atom. The molecule has 2 atom stereocenters. The van der Waals surface area contributed by atoms with E-state index >= 15 is 0 Å². The SMILES string of the molecule is CCOc1cccc2c1O[C@@H](c1ccc(Cl)cc1)N1N=C(c3ccccc3)C[C@H]21. The minimum absolute atomic E-state index is 0.0926. The maximum atomic E-state index is 6.49. The lowest BCUT2D eigenvalue weighted by Crippen LogP contribution is -2.33. The first-order valence-corrected chi connectivity index (χ1v) is 10.2. The summed E-state index contributed by atoms with van der Waals surface area (Å²) < 4.78 is 12.4. The average molecular weight is 405 g/mol. The number of rotatable bonds is 4. The van der Waals surface area contributed by atoms with E-state index in [4.69, 9.17) is 26.2 Å². The first-order chi connectivity index (χ1) is 14.2. The van der Waals surface area contributed by atoms with Gasteiger partial charge in [0.15, 0.2) is 11.5 Å². The van der Waals surface area contributed by atoms with Crippen molar-refractivity contribution in [3.63, 3.8) is 0 Å². The van der Waals surface area contributed by atoms with Crippen LogP contribution in [0.15, 0.2) is 77.9 Å². The molecule has 0 aromatic heterocycles. The van der Waals surface area contributed by atoms with Crippen LogP contribution in [0.4, 0.5) is 0 Å². The molecule has 29 heavy (non-hydrogen) atoms. The van der Waals surface area contributed by atoms with Gasteiger partial charge in [-0.25, -0.2) is 5.01 Å². The molecular weight excluding hydrogens is 384 g/mol. The summed E-state index contributed by atoms with van der Waals surface area (Å²) in [4.78, 5) is 0. The molecule has 146 valence electrons. The van der Waals surface area contributed by atoms with Gasteiger partial charge in [0.2, 0.25) is 6.23 Å². The van der Waals surface area contributed by atoms with Crippen LogP contribution in [0.25, 0.3) is 0 Å². The number of ether oxygens (including phenoxy) is 2. The molecule has 4 nitrogen and oxygen atoms in total. The third kappa shape index (κ3) is 3.23. The van der Waals surface area contributed by atoms with Gasteiger partial charge in [-0.3, -0.25) is 0 Å². The molecule has 5 rings (SSSR count). The normalized spacial score (nSPS) is 19.8. The van der Waals surface area contributed by atoms with E-state index in [0.717, 1.165) is 40.3 Å². The first kappa shape index (κ1) is 18.1. The number of hydrogen-bond donors (Lipinski definition) is 0. The van der Waals surface area contributed by atoms with E-state index in [1.54, 1.807) is 0 Å². The van der Waals surface area contributed by atoms with Crippen LogP contribution >= 0.6 is 11.6 Å². The van der Waals surface area contributed by atoms with E-state index in [0.29, 0.717) is 11.6 Å². The van der Waals surface area contributed by atoms with Crippen LogP contribution in [0.1, 0.15) is 42.3 Å². The van der Waals surface area contributed by atoms with Crippen LogP contribution in [-0.4, -0.2) is 17.3 Å². The molecular formula is C24H21ClN2O2. The van der Waals surface area contributed by atoms with Crippen molar-refractivity contribution >= 4 is 17.3 Å². The molecule has 2 heterocycles. The number of hydrazone groups is 1. The van der Waals surface area contributed by atoms with E-state index in [-0.39, 0.29) is 12.3 Å². The van der Waals surface area contributed by atoms with E-state index in [9.17, 15) is 0 Å². The summed E-state index contributed by atoms with van der Waals surface area (Å²) in [6, 6.07) is 24.3. The molecule has 3 aromatic carbocycles. The molecule has 0 spiro atoms. The molecule has 0 fully saturated rings. The smallest absolute Gasteiger partial charge is 0.214 e. The van der Waals surface area contributed by atoms with Crippen molar-refractivity contribution in [2.24, 2.45) is 5.10 Å². The fourth-order valence-corrected chi connectivity index (χ4v) is 4.13. The van der Waals surface area contributed by atoms with Crippen LogP contribution in [0, 0.1) is 0 Å². The van der Waals surface area contributed by atoms with Crippen molar-refractivity contribution in [1.82, 2.24) is 5.01 Å².